The highest BCUT2D eigenvalue weighted by atomic mass is 16.5. The molecular weight excluding hydrogens is 266 g/mol. The molecule has 1 atom stereocenters. The first-order valence-electron chi connectivity index (χ1n) is 8.47. The molecule has 2 rings (SSSR count). The van der Waals surface area contributed by atoms with Gasteiger partial charge in [-0.15, -0.1) is 0 Å². The van der Waals surface area contributed by atoms with Crippen molar-refractivity contribution < 1.29 is 9.53 Å². The molecule has 2 aliphatic rings. The second kappa shape index (κ2) is 8.11. The van der Waals surface area contributed by atoms with Gasteiger partial charge in [0.1, 0.15) is 6.10 Å². The third-order valence-corrected chi connectivity index (χ3v) is 5.19. The van der Waals surface area contributed by atoms with E-state index >= 15 is 0 Å². The van der Waals surface area contributed by atoms with Crippen molar-refractivity contribution in [1.29, 1.82) is 0 Å². The molecule has 0 aromatic heterocycles. The smallest absolute Gasteiger partial charge is 0.250 e. The maximum Gasteiger partial charge on any atom is 0.250 e. The highest BCUT2D eigenvalue weighted by Gasteiger charge is 2.38. The highest BCUT2D eigenvalue weighted by Crippen LogP contribution is 2.35. The van der Waals surface area contributed by atoms with Crippen molar-refractivity contribution in [3.8, 4) is 0 Å². The number of likely N-dealkylation sites (tertiary alicyclic amines) is 1. The summed E-state index contributed by atoms with van der Waals surface area (Å²) < 4.78 is 5.13. The summed E-state index contributed by atoms with van der Waals surface area (Å²) in [6, 6.07) is 0. The number of nitrogens with zero attached hydrogens (tertiary/aromatic N) is 1. The fourth-order valence-corrected chi connectivity index (χ4v) is 3.86. The van der Waals surface area contributed by atoms with Crippen molar-refractivity contribution in [2.75, 3.05) is 33.3 Å². The van der Waals surface area contributed by atoms with Gasteiger partial charge in [0.05, 0.1) is 0 Å². The van der Waals surface area contributed by atoms with Gasteiger partial charge in [-0.05, 0) is 38.8 Å². The number of nitrogens with one attached hydrogen (secondary N) is 1. The number of rotatable bonds is 6. The van der Waals surface area contributed by atoms with Gasteiger partial charge in [-0.1, -0.05) is 25.7 Å². The molecule has 3 N–H and O–H groups in total. The topological polar surface area (TPSA) is 67.6 Å². The highest BCUT2D eigenvalue weighted by molar-refractivity contribution is 5.81. The Balaban J connectivity index is 1.97. The Kier molecular flexibility index (Phi) is 6.45. The summed E-state index contributed by atoms with van der Waals surface area (Å²) in [4.78, 5) is 14.8. The van der Waals surface area contributed by atoms with E-state index in [0.717, 1.165) is 6.54 Å². The summed E-state index contributed by atoms with van der Waals surface area (Å²) in [5.41, 5.74) is 5.74. The van der Waals surface area contributed by atoms with E-state index in [4.69, 9.17) is 10.5 Å². The van der Waals surface area contributed by atoms with Gasteiger partial charge in [-0.2, -0.15) is 0 Å². The Bertz CT molecular complexity index is 319. The van der Waals surface area contributed by atoms with Gasteiger partial charge < -0.3 is 15.8 Å². The van der Waals surface area contributed by atoms with Crippen LogP contribution >= 0.6 is 0 Å². The molecule has 0 radical (unpaired) electrons. The Morgan fingerprint density at radius 3 is 2.38 bits per heavy atom. The predicted octanol–water partition coefficient (Wildman–Crippen LogP) is 1.27. The predicted molar refractivity (Wildman–Crippen MR) is 84.1 cm³/mol. The van der Waals surface area contributed by atoms with Crippen LogP contribution in [-0.4, -0.2) is 55.7 Å². The summed E-state index contributed by atoms with van der Waals surface area (Å²) >= 11 is 0. The van der Waals surface area contributed by atoms with Crippen LogP contribution in [0.1, 0.15) is 51.4 Å². The van der Waals surface area contributed by atoms with Crippen LogP contribution in [0, 0.1) is 0 Å². The lowest BCUT2D eigenvalue weighted by Crippen LogP contribution is -2.59. The van der Waals surface area contributed by atoms with E-state index in [-0.39, 0.29) is 18.0 Å². The van der Waals surface area contributed by atoms with Crippen LogP contribution in [0.3, 0.4) is 0 Å². The number of methoxy groups -OCH3 is 1. The zero-order valence-corrected chi connectivity index (χ0v) is 13.4. The van der Waals surface area contributed by atoms with Crippen LogP contribution < -0.4 is 11.1 Å². The number of nitrogens with two attached hydrogens (primary N) is 1. The van der Waals surface area contributed by atoms with Crippen LogP contribution in [0.25, 0.3) is 0 Å². The molecule has 0 bridgehead atoms. The van der Waals surface area contributed by atoms with E-state index < -0.39 is 6.10 Å². The summed E-state index contributed by atoms with van der Waals surface area (Å²) in [5.74, 6) is -0.0676. The molecule has 5 nitrogen and oxygen atoms in total. The average Bonchev–Trinajstić information content (AvgIpc) is 2.56. The Labute approximate surface area is 128 Å². The van der Waals surface area contributed by atoms with Crippen molar-refractivity contribution in [3.05, 3.63) is 0 Å². The number of carbonyl (C=O) groups excluding carboxylic acids is 1. The van der Waals surface area contributed by atoms with Crippen LogP contribution in [0.4, 0.5) is 0 Å². The van der Waals surface area contributed by atoms with Crippen LogP contribution in [0.15, 0.2) is 0 Å². The summed E-state index contributed by atoms with van der Waals surface area (Å²) in [5, 5.41) is 3.11. The molecule has 5 heteroatoms. The van der Waals surface area contributed by atoms with Crippen molar-refractivity contribution in [2.45, 2.75) is 63.0 Å². The van der Waals surface area contributed by atoms with Gasteiger partial charge >= 0.3 is 0 Å². The fourth-order valence-electron chi connectivity index (χ4n) is 3.86. The second-order valence-corrected chi connectivity index (χ2v) is 6.51. The molecule has 1 amide bonds. The minimum atomic E-state index is -0.521. The summed E-state index contributed by atoms with van der Waals surface area (Å²) in [6.45, 7) is 3.34. The second-order valence-electron chi connectivity index (χ2n) is 6.51. The van der Waals surface area contributed by atoms with Crippen molar-refractivity contribution in [2.24, 2.45) is 5.73 Å². The third kappa shape index (κ3) is 4.18. The minimum Gasteiger partial charge on any atom is -0.370 e. The normalized spacial score (nSPS) is 24.5. The molecule has 0 aromatic carbocycles. The zero-order chi connectivity index (χ0) is 15.1. The maximum absolute atomic E-state index is 12.1. The molecule has 1 saturated heterocycles. The van der Waals surface area contributed by atoms with Crippen LogP contribution in [-0.2, 0) is 9.53 Å². The van der Waals surface area contributed by atoms with Gasteiger partial charge in [-0.25, -0.2) is 0 Å². The van der Waals surface area contributed by atoms with Gasteiger partial charge in [-0.3, -0.25) is 9.69 Å². The number of ether oxygens (including phenoxy) is 1. The van der Waals surface area contributed by atoms with Gasteiger partial charge in [0.2, 0.25) is 0 Å². The lowest BCUT2D eigenvalue weighted by atomic mass is 9.79. The van der Waals surface area contributed by atoms with E-state index in [1.807, 2.05) is 0 Å². The first-order valence-corrected chi connectivity index (χ1v) is 8.47. The van der Waals surface area contributed by atoms with E-state index in [0.29, 0.717) is 0 Å². The van der Waals surface area contributed by atoms with Gasteiger partial charge in [0.25, 0.3) is 5.91 Å². The monoisotopic (exact) mass is 297 g/mol. The molecular formula is C16H31N3O2. The average molecular weight is 297 g/mol. The van der Waals surface area contributed by atoms with Crippen molar-refractivity contribution in [3.63, 3.8) is 0 Å². The van der Waals surface area contributed by atoms with Crippen molar-refractivity contribution in [1.82, 2.24) is 10.2 Å². The van der Waals surface area contributed by atoms with Crippen molar-refractivity contribution >= 4 is 5.91 Å². The first-order chi connectivity index (χ1) is 10.2. The summed E-state index contributed by atoms with van der Waals surface area (Å²) in [7, 11) is 1.54. The van der Waals surface area contributed by atoms with Gasteiger partial charge in [0, 0.05) is 25.7 Å². The molecule has 1 heterocycles. The van der Waals surface area contributed by atoms with E-state index in [2.05, 4.69) is 10.2 Å². The molecule has 2 fully saturated rings. The zero-order valence-electron chi connectivity index (χ0n) is 13.4. The molecule has 21 heavy (non-hydrogen) atoms. The molecule has 1 aliphatic heterocycles. The Morgan fingerprint density at radius 2 is 1.81 bits per heavy atom. The molecule has 0 aromatic rings. The Morgan fingerprint density at radius 1 is 1.19 bits per heavy atom. The SMILES string of the molecule is COC(CN)C(=O)NCC1(N2CCCCC2)CCCCC1. The number of hydrogen-bond donors (Lipinski definition) is 2. The summed E-state index contributed by atoms with van der Waals surface area (Å²) in [6.07, 6.45) is 9.69. The lowest BCUT2D eigenvalue weighted by molar-refractivity contribution is -0.131. The molecule has 1 saturated carbocycles. The lowest BCUT2D eigenvalue weighted by Gasteiger charge is -2.48. The number of piperidine rings is 1. The van der Waals surface area contributed by atoms with Gasteiger partial charge in [0.15, 0.2) is 0 Å². The Hall–Kier alpha value is -0.650. The van der Waals surface area contributed by atoms with E-state index in [9.17, 15) is 4.79 Å². The minimum absolute atomic E-state index is 0.0676. The number of carbonyl (C=O) groups is 1. The first kappa shape index (κ1) is 16.7. The van der Waals surface area contributed by atoms with E-state index in [1.54, 1.807) is 0 Å². The number of hydrogen-bond acceptors (Lipinski definition) is 4. The maximum atomic E-state index is 12.1. The number of amides is 1. The molecule has 1 aliphatic carbocycles. The van der Waals surface area contributed by atoms with Crippen LogP contribution in [0.5, 0.6) is 0 Å². The quantitative estimate of drug-likeness (QED) is 0.774. The molecule has 122 valence electrons. The fraction of sp³-hybridized carbons (Fsp3) is 0.938. The molecule has 1 unspecified atom stereocenters. The van der Waals surface area contributed by atoms with E-state index in [1.165, 1.54) is 71.6 Å². The molecule has 0 spiro atoms. The standard InChI is InChI=1S/C16H31N3O2/c1-21-14(12-17)15(20)18-13-16(8-4-2-5-9-16)19-10-6-3-7-11-19/h14H,2-13,17H2,1H3,(H,18,20). The van der Waals surface area contributed by atoms with Crippen LogP contribution in [0.2, 0.25) is 0 Å². The largest absolute Gasteiger partial charge is 0.370 e. The third-order valence-electron chi connectivity index (χ3n) is 5.19.